The first-order valence-electron chi connectivity index (χ1n) is 5.20. The van der Waals surface area contributed by atoms with Crippen LogP contribution in [0.4, 0.5) is 0 Å². The van der Waals surface area contributed by atoms with Gasteiger partial charge in [0.05, 0.1) is 11.2 Å². The molecule has 0 bridgehead atoms. The third kappa shape index (κ3) is 1.33. The van der Waals surface area contributed by atoms with Crippen LogP contribution in [0, 0.1) is 0 Å². The molecule has 0 spiro atoms. The molecule has 0 aliphatic heterocycles. The maximum atomic E-state index is 9.85. The Labute approximate surface area is 92.7 Å². The predicted octanol–water partition coefficient (Wildman–Crippen LogP) is 1.66. The largest absolute Gasteiger partial charge is 0.386 e. The fourth-order valence-electron chi connectivity index (χ4n) is 2.00. The fourth-order valence-corrected chi connectivity index (χ4v) is 2.00. The molecule has 3 rings (SSSR count). The molecule has 0 fully saturated rings. The number of aliphatic hydroxyl groups is 2. The third-order valence-corrected chi connectivity index (χ3v) is 2.88. The van der Waals surface area contributed by atoms with E-state index in [1.807, 2.05) is 30.3 Å². The van der Waals surface area contributed by atoms with Crippen molar-refractivity contribution >= 4 is 17.0 Å². The molecule has 1 aliphatic rings. The minimum Gasteiger partial charge on any atom is -0.386 e. The Hall–Kier alpha value is -1.71. The number of pyridine rings is 1. The Morgan fingerprint density at radius 2 is 1.94 bits per heavy atom. The number of nitrogens with zero attached hydrogens (tertiary/aromatic N) is 1. The van der Waals surface area contributed by atoms with Gasteiger partial charge in [-0.3, -0.25) is 0 Å². The molecule has 1 aromatic heterocycles. The van der Waals surface area contributed by atoms with E-state index in [1.165, 1.54) is 0 Å². The highest BCUT2D eigenvalue weighted by Gasteiger charge is 2.23. The topological polar surface area (TPSA) is 53.4 Å². The molecule has 0 unspecified atom stereocenters. The van der Waals surface area contributed by atoms with E-state index >= 15 is 0 Å². The van der Waals surface area contributed by atoms with Crippen molar-refractivity contribution in [3.8, 4) is 0 Å². The molecule has 1 aromatic carbocycles. The second kappa shape index (κ2) is 3.40. The van der Waals surface area contributed by atoms with Gasteiger partial charge in [-0.1, -0.05) is 24.3 Å². The Kier molecular flexibility index (Phi) is 2.02. The van der Waals surface area contributed by atoms with Crippen molar-refractivity contribution in [2.45, 2.75) is 12.2 Å². The zero-order valence-electron chi connectivity index (χ0n) is 8.54. The molecule has 0 saturated carbocycles. The van der Waals surface area contributed by atoms with Gasteiger partial charge in [-0.05, 0) is 18.2 Å². The first kappa shape index (κ1) is 9.51. The molecule has 2 N–H and O–H groups in total. The smallest absolute Gasteiger partial charge is 0.111 e. The van der Waals surface area contributed by atoms with Gasteiger partial charge < -0.3 is 10.2 Å². The molecular formula is C13H11NO2. The highest BCUT2D eigenvalue weighted by Crippen LogP contribution is 2.29. The monoisotopic (exact) mass is 213 g/mol. The summed E-state index contributed by atoms with van der Waals surface area (Å²) in [5.41, 5.74) is 2.32. The predicted molar refractivity (Wildman–Crippen MR) is 61.7 cm³/mol. The van der Waals surface area contributed by atoms with Crippen LogP contribution in [0.25, 0.3) is 17.0 Å². The average molecular weight is 213 g/mol. The fraction of sp³-hybridized carbons (Fsp3) is 0.154. The van der Waals surface area contributed by atoms with Crippen LogP contribution in [-0.4, -0.2) is 21.3 Å². The summed E-state index contributed by atoms with van der Waals surface area (Å²) in [5.74, 6) is 0. The van der Waals surface area contributed by atoms with Gasteiger partial charge in [0.1, 0.15) is 12.2 Å². The SMILES string of the molecule is O[C@@H]1c2cc3ccccc3nc2C=C[C@@H]1O. The molecule has 16 heavy (non-hydrogen) atoms. The van der Waals surface area contributed by atoms with Crippen LogP contribution in [0.5, 0.6) is 0 Å². The summed E-state index contributed by atoms with van der Waals surface area (Å²) in [6.45, 7) is 0. The standard InChI is InChI=1S/C13H11NO2/c15-12-6-5-11-9(13(12)16)7-8-3-1-2-4-10(8)14-11/h1-7,12-13,15-16H/t12-,13+/m0/s1. The molecule has 0 amide bonds. The molecule has 3 heteroatoms. The minimum absolute atomic E-state index is 0.689. The molecule has 0 saturated heterocycles. The van der Waals surface area contributed by atoms with Gasteiger partial charge in [0.25, 0.3) is 0 Å². The van der Waals surface area contributed by atoms with Crippen molar-refractivity contribution in [2.24, 2.45) is 0 Å². The maximum absolute atomic E-state index is 9.85. The number of hydrogen-bond acceptors (Lipinski definition) is 3. The molecular weight excluding hydrogens is 202 g/mol. The van der Waals surface area contributed by atoms with E-state index in [-0.39, 0.29) is 0 Å². The van der Waals surface area contributed by atoms with Gasteiger partial charge >= 0.3 is 0 Å². The highest BCUT2D eigenvalue weighted by molar-refractivity contribution is 5.81. The summed E-state index contributed by atoms with van der Waals surface area (Å²) < 4.78 is 0. The molecule has 2 atom stereocenters. The summed E-state index contributed by atoms with van der Waals surface area (Å²) in [7, 11) is 0. The van der Waals surface area contributed by atoms with Crippen molar-refractivity contribution in [1.82, 2.24) is 4.98 Å². The van der Waals surface area contributed by atoms with Crippen LogP contribution in [-0.2, 0) is 0 Å². The van der Waals surface area contributed by atoms with Gasteiger partial charge in [-0.25, -0.2) is 4.98 Å². The van der Waals surface area contributed by atoms with Crippen molar-refractivity contribution in [3.63, 3.8) is 0 Å². The van der Waals surface area contributed by atoms with Gasteiger partial charge in [0.2, 0.25) is 0 Å². The molecule has 0 radical (unpaired) electrons. The van der Waals surface area contributed by atoms with Gasteiger partial charge in [-0.15, -0.1) is 0 Å². The average Bonchev–Trinajstić information content (AvgIpc) is 2.32. The third-order valence-electron chi connectivity index (χ3n) is 2.88. The second-order valence-corrected chi connectivity index (χ2v) is 3.95. The number of benzene rings is 1. The van der Waals surface area contributed by atoms with Crippen molar-refractivity contribution in [2.75, 3.05) is 0 Å². The van der Waals surface area contributed by atoms with E-state index in [0.717, 1.165) is 16.6 Å². The highest BCUT2D eigenvalue weighted by atomic mass is 16.3. The molecule has 3 nitrogen and oxygen atoms in total. The van der Waals surface area contributed by atoms with Crippen molar-refractivity contribution in [3.05, 3.63) is 47.7 Å². The van der Waals surface area contributed by atoms with E-state index in [4.69, 9.17) is 0 Å². The van der Waals surface area contributed by atoms with Crippen LogP contribution >= 0.6 is 0 Å². The van der Waals surface area contributed by atoms with E-state index in [9.17, 15) is 10.2 Å². The molecule has 2 aromatic rings. The summed E-state index contributed by atoms with van der Waals surface area (Å²) >= 11 is 0. The lowest BCUT2D eigenvalue weighted by Crippen LogP contribution is -2.20. The van der Waals surface area contributed by atoms with Crippen LogP contribution in [0.1, 0.15) is 17.4 Å². The van der Waals surface area contributed by atoms with Gasteiger partial charge in [0, 0.05) is 10.9 Å². The van der Waals surface area contributed by atoms with Crippen molar-refractivity contribution < 1.29 is 10.2 Å². The van der Waals surface area contributed by atoms with Crippen LogP contribution in [0.3, 0.4) is 0 Å². The Bertz CT molecular complexity index is 577. The van der Waals surface area contributed by atoms with Crippen molar-refractivity contribution in [1.29, 1.82) is 0 Å². The number of aromatic nitrogens is 1. The summed E-state index contributed by atoms with van der Waals surface area (Å²) in [6.07, 6.45) is 1.60. The van der Waals surface area contributed by atoms with Crippen LogP contribution in [0.15, 0.2) is 36.4 Å². The quantitative estimate of drug-likeness (QED) is 0.699. The second-order valence-electron chi connectivity index (χ2n) is 3.95. The number of fused-ring (bicyclic) bond motifs is 2. The normalized spacial score (nSPS) is 23.4. The maximum Gasteiger partial charge on any atom is 0.111 e. The molecule has 1 heterocycles. The van der Waals surface area contributed by atoms with E-state index in [2.05, 4.69) is 4.98 Å². The Morgan fingerprint density at radius 1 is 1.12 bits per heavy atom. The number of hydrogen-bond donors (Lipinski definition) is 2. The summed E-state index contributed by atoms with van der Waals surface area (Å²) in [5, 5.41) is 20.4. The van der Waals surface area contributed by atoms with E-state index in [1.54, 1.807) is 12.2 Å². The Morgan fingerprint density at radius 3 is 2.81 bits per heavy atom. The number of aliphatic hydroxyl groups excluding tert-OH is 2. The number of rotatable bonds is 0. The lowest BCUT2D eigenvalue weighted by atomic mass is 9.95. The van der Waals surface area contributed by atoms with Crippen LogP contribution in [0.2, 0.25) is 0 Å². The van der Waals surface area contributed by atoms with E-state index in [0.29, 0.717) is 5.56 Å². The lowest BCUT2D eigenvalue weighted by molar-refractivity contribution is 0.0468. The van der Waals surface area contributed by atoms with Gasteiger partial charge in [0.15, 0.2) is 0 Å². The lowest BCUT2D eigenvalue weighted by Gasteiger charge is -2.21. The van der Waals surface area contributed by atoms with Crippen LogP contribution < -0.4 is 0 Å². The zero-order chi connectivity index (χ0) is 11.1. The molecule has 80 valence electrons. The Balaban J connectivity index is 2.29. The minimum atomic E-state index is -0.878. The van der Waals surface area contributed by atoms with Gasteiger partial charge in [-0.2, -0.15) is 0 Å². The summed E-state index contributed by atoms with van der Waals surface area (Å²) in [4.78, 5) is 4.44. The first-order chi connectivity index (χ1) is 7.75. The van der Waals surface area contributed by atoms with E-state index < -0.39 is 12.2 Å². The first-order valence-corrected chi connectivity index (χ1v) is 5.20. The number of para-hydroxylation sites is 1. The summed E-state index contributed by atoms with van der Waals surface area (Å²) in [6, 6.07) is 9.62. The zero-order valence-corrected chi connectivity index (χ0v) is 8.54. The molecule has 1 aliphatic carbocycles.